The number of ether oxygens (including phenoxy) is 2. The van der Waals surface area contributed by atoms with Crippen molar-refractivity contribution in [1.29, 1.82) is 0 Å². The summed E-state index contributed by atoms with van der Waals surface area (Å²) in [5.41, 5.74) is -3.39. The molecule has 1 heterocycles. The van der Waals surface area contributed by atoms with Gasteiger partial charge >= 0.3 is 18.1 Å². The number of hydrogen-bond donors (Lipinski definition) is 1. The number of nitrogens with one attached hydrogen (secondary N) is 1. The zero-order valence-electron chi connectivity index (χ0n) is 10.1. The van der Waals surface area contributed by atoms with Gasteiger partial charge in [0.15, 0.2) is 11.4 Å². The SMILES string of the molecule is CCOC(=O)c1n[nH]c(C(=O)OCC)c1C(F)(F)F. The van der Waals surface area contributed by atoms with E-state index in [-0.39, 0.29) is 13.2 Å². The summed E-state index contributed by atoms with van der Waals surface area (Å²) in [7, 11) is 0. The Kier molecular flexibility index (Phi) is 4.52. The normalized spacial score (nSPS) is 11.2. The Labute approximate surface area is 105 Å². The highest BCUT2D eigenvalue weighted by atomic mass is 19.4. The summed E-state index contributed by atoms with van der Waals surface area (Å²) in [6.45, 7) is 2.65. The van der Waals surface area contributed by atoms with E-state index in [9.17, 15) is 22.8 Å². The first kappa shape index (κ1) is 15.0. The summed E-state index contributed by atoms with van der Waals surface area (Å²) in [6, 6.07) is 0. The van der Waals surface area contributed by atoms with Crippen molar-refractivity contribution in [2.24, 2.45) is 0 Å². The second-order valence-corrected chi connectivity index (χ2v) is 3.26. The molecule has 0 unspecified atom stereocenters. The van der Waals surface area contributed by atoms with Crippen molar-refractivity contribution >= 4 is 11.9 Å². The zero-order valence-corrected chi connectivity index (χ0v) is 10.1. The lowest BCUT2D eigenvalue weighted by molar-refractivity contribution is -0.138. The minimum Gasteiger partial charge on any atom is -0.461 e. The van der Waals surface area contributed by atoms with Crippen LogP contribution in [0.2, 0.25) is 0 Å². The van der Waals surface area contributed by atoms with Crippen LogP contribution < -0.4 is 0 Å². The van der Waals surface area contributed by atoms with E-state index < -0.39 is 35.1 Å². The van der Waals surface area contributed by atoms with E-state index in [4.69, 9.17) is 0 Å². The van der Waals surface area contributed by atoms with Gasteiger partial charge in [-0.15, -0.1) is 0 Å². The Bertz CT molecular complexity index is 446. The molecule has 0 fully saturated rings. The number of carbonyl (C=O) groups excluding carboxylic acids is 2. The number of rotatable bonds is 4. The molecule has 0 spiro atoms. The van der Waals surface area contributed by atoms with Crippen LogP contribution in [0.3, 0.4) is 0 Å². The molecule has 1 rings (SSSR count). The van der Waals surface area contributed by atoms with E-state index in [0.29, 0.717) is 0 Å². The molecule has 1 aromatic rings. The third kappa shape index (κ3) is 3.24. The van der Waals surface area contributed by atoms with Crippen LogP contribution in [0.15, 0.2) is 0 Å². The quantitative estimate of drug-likeness (QED) is 0.850. The predicted octanol–water partition coefficient (Wildman–Crippen LogP) is 1.78. The summed E-state index contributed by atoms with van der Waals surface area (Å²) in [4.78, 5) is 22.7. The third-order valence-corrected chi connectivity index (χ3v) is 2.00. The molecule has 0 aliphatic carbocycles. The van der Waals surface area contributed by atoms with Gasteiger partial charge in [0.1, 0.15) is 5.56 Å². The van der Waals surface area contributed by atoms with Gasteiger partial charge in [0.05, 0.1) is 13.2 Å². The van der Waals surface area contributed by atoms with Crippen LogP contribution in [0.5, 0.6) is 0 Å². The lowest BCUT2D eigenvalue weighted by Gasteiger charge is -2.08. The smallest absolute Gasteiger partial charge is 0.421 e. The fraction of sp³-hybridized carbons (Fsp3) is 0.500. The number of hydrogen-bond acceptors (Lipinski definition) is 5. The molecule has 1 aromatic heterocycles. The number of aromatic nitrogens is 2. The van der Waals surface area contributed by atoms with Crippen LogP contribution in [-0.2, 0) is 15.7 Å². The van der Waals surface area contributed by atoms with Crippen LogP contribution in [0.1, 0.15) is 40.4 Å². The Morgan fingerprint density at radius 3 is 2.16 bits per heavy atom. The van der Waals surface area contributed by atoms with E-state index >= 15 is 0 Å². The summed E-state index contributed by atoms with van der Waals surface area (Å²) >= 11 is 0. The highest BCUT2D eigenvalue weighted by molar-refractivity contribution is 5.96. The molecule has 0 bridgehead atoms. The van der Waals surface area contributed by atoms with Crippen LogP contribution in [0.4, 0.5) is 13.2 Å². The number of halogens is 3. The maximum absolute atomic E-state index is 12.9. The predicted molar refractivity (Wildman–Crippen MR) is 55.5 cm³/mol. The topological polar surface area (TPSA) is 81.3 Å². The van der Waals surface area contributed by atoms with Gasteiger partial charge in [0, 0.05) is 0 Å². The minimum absolute atomic E-state index is 0.107. The monoisotopic (exact) mass is 280 g/mol. The Morgan fingerprint density at radius 1 is 1.16 bits per heavy atom. The lowest BCUT2D eigenvalue weighted by atomic mass is 10.1. The Hall–Kier alpha value is -2.06. The largest absolute Gasteiger partial charge is 0.461 e. The van der Waals surface area contributed by atoms with E-state index in [2.05, 4.69) is 14.6 Å². The van der Waals surface area contributed by atoms with E-state index in [1.807, 2.05) is 5.10 Å². The van der Waals surface area contributed by atoms with Crippen LogP contribution in [0, 0.1) is 0 Å². The molecule has 0 atom stereocenters. The summed E-state index contributed by atoms with van der Waals surface area (Å²) in [5, 5.41) is 5.04. The third-order valence-electron chi connectivity index (χ3n) is 2.00. The van der Waals surface area contributed by atoms with Crippen molar-refractivity contribution in [3.63, 3.8) is 0 Å². The summed E-state index contributed by atoms with van der Waals surface area (Å²) < 4.78 is 47.5. The first-order chi connectivity index (χ1) is 8.82. The molecular formula is C10H11F3N2O4. The summed E-state index contributed by atoms with van der Waals surface area (Å²) in [6.07, 6.45) is -4.93. The van der Waals surface area contributed by atoms with Gasteiger partial charge in [0.25, 0.3) is 0 Å². The Balaban J connectivity index is 3.28. The molecule has 0 saturated heterocycles. The van der Waals surface area contributed by atoms with Crippen LogP contribution in [0.25, 0.3) is 0 Å². The maximum atomic E-state index is 12.9. The van der Waals surface area contributed by atoms with E-state index in [1.54, 1.807) is 0 Å². The molecule has 9 heteroatoms. The van der Waals surface area contributed by atoms with Gasteiger partial charge in [-0.3, -0.25) is 5.10 Å². The first-order valence-corrected chi connectivity index (χ1v) is 5.32. The van der Waals surface area contributed by atoms with Gasteiger partial charge < -0.3 is 9.47 Å². The lowest BCUT2D eigenvalue weighted by Crippen LogP contribution is -2.18. The van der Waals surface area contributed by atoms with E-state index in [1.165, 1.54) is 13.8 Å². The molecule has 0 amide bonds. The zero-order chi connectivity index (χ0) is 14.6. The van der Waals surface area contributed by atoms with E-state index in [0.717, 1.165) is 0 Å². The molecular weight excluding hydrogens is 269 g/mol. The average Bonchev–Trinajstić information content (AvgIpc) is 2.73. The molecule has 0 radical (unpaired) electrons. The number of H-pyrrole nitrogens is 1. The molecule has 0 aliphatic rings. The molecule has 106 valence electrons. The molecule has 6 nitrogen and oxygen atoms in total. The van der Waals surface area contributed by atoms with Crippen molar-refractivity contribution < 1.29 is 32.2 Å². The van der Waals surface area contributed by atoms with Gasteiger partial charge in [-0.25, -0.2) is 9.59 Å². The van der Waals surface area contributed by atoms with Crippen molar-refractivity contribution in [3.8, 4) is 0 Å². The number of esters is 2. The Morgan fingerprint density at radius 2 is 1.68 bits per heavy atom. The standard InChI is InChI=1S/C10H11F3N2O4/c1-3-18-8(16)6-5(10(11,12)13)7(15-14-6)9(17)19-4-2/h3-4H2,1-2H3,(H,14,15). The molecule has 0 saturated carbocycles. The fourth-order valence-electron chi connectivity index (χ4n) is 1.32. The number of nitrogens with zero attached hydrogens (tertiary/aromatic N) is 1. The van der Waals surface area contributed by atoms with Crippen molar-refractivity contribution in [2.45, 2.75) is 20.0 Å². The summed E-state index contributed by atoms with van der Waals surface area (Å²) in [5.74, 6) is -2.50. The number of alkyl halides is 3. The second-order valence-electron chi connectivity index (χ2n) is 3.26. The van der Waals surface area contributed by atoms with Crippen molar-refractivity contribution in [1.82, 2.24) is 10.2 Å². The average molecular weight is 280 g/mol. The first-order valence-electron chi connectivity index (χ1n) is 5.32. The molecule has 0 aromatic carbocycles. The number of aromatic amines is 1. The van der Waals surface area contributed by atoms with Gasteiger partial charge in [0.2, 0.25) is 0 Å². The van der Waals surface area contributed by atoms with Gasteiger partial charge in [-0.05, 0) is 13.8 Å². The van der Waals surface area contributed by atoms with Crippen molar-refractivity contribution in [2.75, 3.05) is 13.2 Å². The molecule has 19 heavy (non-hydrogen) atoms. The molecule has 0 aliphatic heterocycles. The molecule has 1 N–H and O–H groups in total. The fourth-order valence-corrected chi connectivity index (χ4v) is 1.32. The minimum atomic E-state index is -4.93. The van der Waals surface area contributed by atoms with Crippen molar-refractivity contribution in [3.05, 3.63) is 17.0 Å². The van der Waals surface area contributed by atoms with Gasteiger partial charge in [-0.1, -0.05) is 0 Å². The maximum Gasteiger partial charge on any atom is 0.421 e. The van der Waals surface area contributed by atoms with Crippen LogP contribution in [-0.4, -0.2) is 35.3 Å². The van der Waals surface area contributed by atoms with Crippen LogP contribution >= 0.6 is 0 Å². The second kappa shape index (κ2) is 5.72. The number of carbonyl (C=O) groups is 2. The van der Waals surface area contributed by atoms with Gasteiger partial charge in [-0.2, -0.15) is 18.3 Å². The highest BCUT2D eigenvalue weighted by Gasteiger charge is 2.43. The highest BCUT2D eigenvalue weighted by Crippen LogP contribution is 2.34.